The van der Waals surface area contributed by atoms with Crippen LogP contribution in [0, 0.1) is 0 Å². The molecule has 2 aromatic carbocycles. The summed E-state index contributed by atoms with van der Waals surface area (Å²) in [5.74, 6) is 0.927. The van der Waals surface area contributed by atoms with Crippen LogP contribution in [0.5, 0.6) is 5.75 Å². The lowest BCUT2D eigenvalue weighted by Crippen LogP contribution is -2.13. The van der Waals surface area contributed by atoms with Crippen molar-refractivity contribution in [3.63, 3.8) is 0 Å². The summed E-state index contributed by atoms with van der Waals surface area (Å²) in [5, 5.41) is 0.512. The molecule has 3 heteroatoms. The van der Waals surface area contributed by atoms with Crippen molar-refractivity contribution in [2.45, 2.75) is 23.2 Å². The van der Waals surface area contributed by atoms with Crippen molar-refractivity contribution in [1.29, 1.82) is 0 Å². The standard InChI is InChI=1S/C17H18O2S/c1-18-11-13-5-4-7-15(9-13)19-12-16-10-14-6-2-3-8-17(14)20-16/h2-9,16H,10-12H2,1H3. The van der Waals surface area contributed by atoms with Gasteiger partial charge in [-0.15, -0.1) is 11.8 Å². The van der Waals surface area contributed by atoms with Crippen molar-refractivity contribution in [2.24, 2.45) is 0 Å². The Hall–Kier alpha value is -1.45. The molecule has 20 heavy (non-hydrogen) atoms. The molecule has 1 atom stereocenters. The zero-order valence-electron chi connectivity index (χ0n) is 11.5. The molecule has 1 heterocycles. The summed E-state index contributed by atoms with van der Waals surface area (Å²) in [7, 11) is 1.71. The summed E-state index contributed by atoms with van der Waals surface area (Å²) in [5.41, 5.74) is 2.59. The molecule has 0 saturated carbocycles. The lowest BCUT2D eigenvalue weighted by Gasteiger charge is -2.11. The smallest absolute Gasteiger partial charge is 0.119 e. The zero-order valence-corrected chi connectivity index (χ0v) is 12.4. The average molecular weight is 286 g/mol. The summed E-state index contributed by atoms with van der Waals surface area (Å²) in [6, 6.07) is 16.7. The van der Waals surface area contributed by atoms with Crippen LogP contribution in [-0.2, 0) is 17.8 Å². The van der Waals surface area contributed by atoms with E-state index in [1.54, 1.807) is 7.11 Å². The van der Waals surface area contributed by atoms with Gasteiger partial charge in [-0.1, -0.05) is 30.3 Å². The Labute approximate surface area is 124 Å². The molecule has 0 fully saturated rings. The van der Waals surface area contributed by atoms with Gasteiger partial charge in [-0.25, -0.2) is 0 Å². The molecule has 0 amide bonds. The van der Waals surface area contributed by atoms with Crippen molar-refractivity contribution < 1.29 is 9.47 Å². The largest absolute Gasteiger partial charge is 0.492 e. The molecule has 104 valence electrons. The highest BCUT2D eigenvalue weighted by atomic mass is 32.2. The fourth-order valence-electron chi connectivity index (χ4n) is 2.43. The lowest BCUT2D eigenvalue weighted by molar-refractivity contribution is 0.184. The van der Waals surface area contributed by atoms with Crippen molar-refractivity contribution >= 4 is 11.8 Å². The SMILES string of the molecule is COCc1cccc(OCC2Cc3ccccc3S2)c1. The molecular weight excluding hydrogens is 268 g/mol. The van der Waals surface area contributed by atoms with Crippen molar-refractivity contribution in [2.75, 3.05) is 13.7 Å². The van der Waals surface area contributed by atoms with E-state index in [1.165, 1.54) is 10.5 Å². The topological polar surface area (TPSA) is 18.5 Å². The molecule has 0 saturated heterocycles. The molecule has 1 unspecified atom stereocenters. The number of ether oxygens (including phenoxy) is 2. The van der Waals surface area contributed by atoms with Gasteiger partial charge in [0.2, 0.25) is 0 Å². The average Bonchev–Trinajstić information content (AvgIpc) is 2.89. The molecule has 2 aromatic rings. The van der Waals surface area contributed by atoms with Gasteiger partial charge in [0.1, 0.15) is 12.4 Å². The molecule has 0 spiro atoms. The predicted octanol–water partition coefficient (Wildman–Crippen LogP) is 3.93. The second-order valence-electron chi connectivity index (χ2n) is 4.94. The van der Waals surface area contributed by atoms with E-state index in [4.69, 9.17) is 9.47 Å². The maximum atomic E-state index is 5.93. The van der Waals surface area contributed by atoms with Gasteiger partial charge in [-0.2, -0.15) is 0 Å². The number of hydrogen-bond acceptors (Lipinski definition) is 3. The molecule has 2 nitrogen and oxygen atoms in total. The van der Waals surface area contributed by atoms with Gasteiger partial charge < -0.3 is 9.47 Å². The van der Waals surface area contributed by atoms with Crippen LogP contribution in [-0.4, -0.2) is 19.0 Å². The van der Waals surface area contributed by atoms with E-state index in [0.717, 1.165) is 24.3 Å². The van der Waals surface area contributed by atoms with Crippen molar-refractivity contribution in [1.82, 2.24) is 0 Å². The number of hydrogen-bond donors (Lipinski definition) is 0. The maximum absolute atomic E-state index is 5.93. The summed E-state index contributed by atoms with van der Waals surface area (Å²) in [4.78, 5) is 1.40. The quantitative estimate of drug-likeness (QED) is 0.829. The molecule has 0 radical (unpaired) electrons. The third-order valence-electron chi connectivity index (χ3n) is 3.36. The van der Waals surface area contributed by atoms with Gasteiger partial charge in [-0.05, 0) is 35.7 Å². The maximum Gasteiger partial charge on any atom is 0.119 e. The minimum Gasteiger partial charge on any atom is -0.492 e. The highest BCUT2D eigenvalue weighted by Gasteiger charge is 2.22. The second-order valence-corrected chi connectivity index (χ2v) is 6.29. The summed E-state index contributed by atoms with van der Waals surface area (Å²) in [6.07, 6.45) is 1.10. The summed E-state index contributed by atoms with van der Waals surface area (Å²) in [6.45, 7) is 1.37. The van der Waals surface area contributed by atoms with Crippen LogP contribution in [0.2, 0.25) is 0 Å². The van der Waals surface area contributed by atoms with E-state index in [0.29, 0.717) is 11.9 Å². The monoisotopic (exact) mass is 286 g/mol. The van der Waals surface area contributed by atoms with Crippen LogP contribution >= 0.6 is 11.8 Å². The minimum absolute atomic E-state index is 0.512. The third-order valence-corrected chi connectivity index (χ3v) is 4.65. The summed E-state index contributed by atoms with van der Waals surface area (Å²) >= 11 is 1.92. The second kappa shape index (κ2) is 6.33. The highest BCUT2D eigenvalue weighted by molar-refractivity contribution is 8.00. The summed E-state index contributed by atoms with van der Waals surface area (Å²) < 4.78 is 11.1. The number of thioether (sulfide) groups is 1. The van der Waals surface area contributed by atoms with Gasteiger partial charge in [0.05, 0.1) is 6.61 Å². The van der Waals surface area contributed by atoms with E-state index in [2.05, 4.69) is 36.4 Å². The van der Waals surface area contributed by atoms with Crippen LogP contribution in [0.4, 0.5) is 0 Å². The van der Waals surface area contributed by atoms with Crippen LogP contribution in [0.1, 0.15) is 11.1 Å². The number of rotatable bonds is 5. The Balaban J connectivity index is 1.57. The first-order valence-corrected chi connectivity index (χ1v) is 7.68. The Morgan fingerprint density at radius 1 is 1.15 bits per heavy atom. The van der Waals surface area contributed by atoms with Gasteiger partial charge in [0, 0.05) is 17.3 Å². The van der Waals surface area contributed by atoms with Crippen LogP contribution in [0.3, 0.4) is 0 Å². The highest BCUT2D eigenvalue weighted by Crippen LogP contribution is 2.36. The first kappa shape index (κ1) is 13.5. The van der Waals surface area contributed by atoms with Crippen molar-refractivity contribution in [3.05, 3.63) is 59.7 Å². The van der Waals surface area contributed by atoms with Gasteiger partial charge in [0.15, 0.2) is 0 Å². The Kier molecular flexibility index (Phi) is 4.28. The number of methoxy groups -OCH3 is 1. The van der Waals surface area contributed by atoms with Gasteiger partial charge in [-0.3, -0.25) is 0 Å². The molecule has 1 aliphatic rings. The Morgan fingerprint density at radius 3 is 2.90 bits per heavy atom. The number of fused-ring (bicyclic) bond motifs is 1. The Bertz CT molecular complexity index is 558. The molecule has 0 bridgehead atoms. The Morgan fingerprint density at radius 2 is 2.05 bits per heavy atom. The van der Waals surface area contributed by atoms with Crippen LogP contribution in [0.25, 0.3) is 0 Å². The van der Waals surface area contributed by atoms with Gasteiger partial charge in [0.25, 0.3) is 0 Å². The third kappa shape index (κ3) is 3.17. The van der Waals surface area contributed by atoms with E-state index in [-0.39, 0.29) is 0 Å². The fraction of sp³-hybridized carbons (Fsp3) is 0.294. The van der Waals surface area contributed by atoms with Gasteiger partial charge >= 0.3 is 0 Å². The van der Waals surface area contributed by atoms with E-state index in [1.807, 2.05) is 23.9 Å². The first-order chi connectivity index (χ1) is 9.85. The molecule has 0 aliphatic carbocycles. The molecule has 0 aromatic heterocycles. The molecule has 3 rings (SSSR count). The van der Waals surface area contributed by atoms with E-state index >= 15 is 0 Å². The molecule has 1 aliphatic heterocycles. The predicted molar refractivity (Wildman–Crippen MR) is 82.4 cm³/mol. The lowest BCUT2D eigenvalue weighted by atomic mass is 10.1. The van der Waals surface area contributed by atoms with Crippen LogP contribution < -0.4 is 4.74 Å². The number of benzene rings is 2. The minimum atomic E-state index is 0.512. The van der Waals surface area contributed by atoms with E-state index < -0.39 is 0 Å². The van der Waals surface area contributed by atoms with E-state index in [9.17, 15) is 0 Å². The van der Waals surface area contributed by atoms with Crippen molar-refractivity contribution in [3.8, 4) is 5.75 Å². The fourth-order valence-corrected chi connectivity index (χ4v) is 3.65. The first-order valence-electron chi connectivity index (χ1n) is 6.80. The molecular formula is C17H18O2S. The van der Waals surface area contributed by atoms with Crippen LogP contribution in [0.15, 0.2) is 53.4 Å². The normalized spacial score (nSPS) is 16.9. The zero-order chi connectivity index (χ0) is 13.8. The molecule has 0 N–H and O–H groups in total.